The molecule has 0 bridgehead atoms. The van der Waals surface area contributed by atoms with E-state index in [-0.39, 0.29) is 32.0 Å². The number of aryl methyl sites for hydroxylation is 2. The lowest BCUT2D eigenvalue weighted by molar-refractivity contribution is -0.148. The van der Waals surface area contributed by atoms with Crippen LogP contribution in [0.5, 0.6) is 0 Å². The maximum Gasteiger partial charge on any atom is 0.324 e. The second kappa shape index (κ2) is 10.1. The second-order valence-corrected chi connectivity index (χ2v) is 10.9. The lowest BCUT2D eigenvalue weighted by Gasteiger charge is -2.41. The number of aromatic nitrogens is 1. The smallest absolute Gasteiger partial charge is 0.324 e. The van der Waals surface area contributed by atoms with E-state index in [1.54, 1.807) is 4.90 Å². The highest BCUT2D eigenvalue weighted by atomic mass is 32.2. The van der Waals surface area contributed by atoms with Crippen molar-refractivity contribution in [3.8, 4) is 0 Å². The van der Waals surface area contributed by atoms with Gasteiger partial charge in [0.2, 0.25) is 0 Å². The summed E-state index contributed by atoms with van der Waals surface area (Å²) in [5, 5.41) is 26.5. The van der Waals surface area contributed by atoms with Gasteiger partial charge in [-0.3, -0.25) is 9.00 Å². The molecule has 5 N–H and O–H groups in total. The van der Waals surface area contributed by atoms with E-state index in [4.69, 9.17) is 0 Å². The van der Waals surface area contributed by atoms with Crippen LogP contribution in [0.4, 0.5) is 10.6 Å². The van der Waals surface area contributed by atoms with Gasteiger partial charge >= 0.3 is 12.0 Å². The minimum absolute atomic E-state index is 0.0615. The van der Waals surface area contributed by atoms with Crippen LogP contribution in [-0.2, 0) is 27.3 Å². The monoisotopic (exact) mass is 467 g/mol. The van der Waals surface area contributed by atoms with Gasteiger partial charge in [-0.15, -0.1) is 0 Å². The van der Waals surface area contributed by atoms with Gasteiger partial charge in [-0.25, -0.2) is 14.5 Å². The van der Waals surface area contributed by atoms with Gasteiger partial charge < -0.3 is 25.7 Å². The Morgan fingerprint density at radius 1 is 1.38 bits per heavy atom. The molecule has 0 spiro atoms. The molecule has 1 fully saturated rings. The van der Waals surface area contributed by atoms with Crippen molar-refractivity contribution in [2.45, 2.75) is 50.2 Å². The molecule has 3 heterocycles. The van der Waals surface area contributed by atoms with Gasteiger partial charge in [-0.05, 0) is 56.0 Å². The average molecular weight is 468 g/mol. The van der Waals surface area contributed by atoms with Gasteiger partial charge in [0.05, 0.1) is 5.60 Å². The topological polar surface area (TPSA) is 144 Å². The second-order valence-electron chi connectivity index (χ2n) is 8.66. The van der Waals surface area contributed by atoms with Crippen LogP contribution in [0.15, 0.2) is 12.1 Å². The highest BCUT2D eigenvalue weighted by Crippen LogP contribution is 2.27. The van der Waals surface area contributed by atoms with Gasteiger partial charge in [0, 0.05) is 47.8 Å². The number of pyridine rings is 1. The Hall–Kier alpha value is -2.37. The summed E-state index contributed by atoms with van der Waals surface area (Å²) >= 11 is 0. The number of rotatable bonds is 8. The van der Waals surface area contributed by atoms with Crippen molar-refractivity contribution in [2.24, 2.45) is 0 Å². The van der Waals surface area contributed by atoms with Gasteiger partial charge in [-0.1, -0.05) is 6.07 Å². The van der Waals surface area contributed by atoms with Crippen LogP contribution in [0.3, 0.4) is 0 Å². The van der Waals surface area contributed by atoms with E-state index in [2.05, 4.69) is 32.3 Å². The number of likely N-dealkylation sites (tertiary alicyclic amines) is 1. The number of aliphatic hydroxyl groups is 1. The van der Waals surface area contributed by atoms with Crippen molar-refractivity contribution >= 4 is 33.4 Å². The third-order valence-electron chi connectivity index (χ3n) is 5.91. The molecule has 178 valence electrons. The number of nitrogens with zero attached hydrogens (tertiary/aromatic N) is 2. The van der Waals surface area contributed by atoms with Crippen LogP contribution in [0, 0.1) is 0 Å². The molecule has 1 aromatic heterocycles. The Balaban J connectivity index is 1.44. The lowest BCUT2D eigenvalue weighted by atomic mass is 9.85. The standard InChI is InChI=1S/C21H33N5O5S/c1-32(2,31)25-17(19(27)28)21(30)9-13-26(14-10-21)20(29)23-12-4-6-16-8-7-15-5-3-11-22-18(15)24-16/h7-8,17,30H,1,3-6,9-14H2,2H3,(H,22,24)(H,23,29)(H,25,31)(H,27,28). The van der Waals surface area contributed by atoms with Crippen molar-refractivity contribution in [2.75, 3.05) is 37.8 Å². The van der Waals surface area contributed by atoms with E-state index in [0.29, 0.717) is 6.54 Å². The molecule has 0 saturated carbocycles. The Morgan fingerprint density at radius 3 is 2.75 bits per heavy atom. The van der Waals surface area contributed by atoms with Crippen molar-refractivity contribution < 1.29 is 24.0 Å². The largest absolute Gasteiger partial charge is 0.480 e. The molecule has 0 aliphatic carbocycles. The number of piperidine rings is 1. The molecule has 0 radical (unpaired) electrons. The van der Waals surface area contributed by atoms with Crippen LogP contribution in [0.1, 0.15) is 36.9 Å². The number of urea groups is 1. The van der Waals surface area contributed by atoms with Crippen LogP contribution in [0.2, 0.25) is 0 Å². The summed E-state index contributed by atoms with van der Waals surface area (Å²) in [5.41, 5.74) is 0.626. The number of anilines is 1. The van der Waals surface area contributed by atoms with E-state index >= 15 is 0 Å². The quantitative estimate of drug-likeness (QED) is 0.272. The third-order valence-corrected chi connectivity index (χ3v) is 6.64. The fourth-order valence-electron chi connectivity index (χ4n) is 4.11. The van der Waals surface area contributed by atoms with E-state index < -0.39 is 27.3 Å². The average Bonchev–Trinajstić information content (AvgIpc) is 2.74. The van der Waals surface area contributed by atoms with Crippen LogP contribution >= 0.6 is 0 Å². The molecule has 11 heteroatoms. The molecule has 2 aliphatic rings. The molecule has 10 nitrogen and oxygen atoms in total. The van der Waals surface area contributed by atoms with Crippen LogP contribution < -0.4 is 15.4 Å². The van der Waals surface area contributed by atoms with Gasteiger partial charge in [-0.2, -0.15) is 0 Å². The van der Waals surface area contributed by atoms with Gasteiger partial charge in [0.1, 0.15) is 11.9 Å². The van der Waals surface area contributed by atoms with E-state index in [0.717, 1.165) is 43.7 Å². The fourth-order valence-corrected chi connectivity index (χ4v) is 4.93. The summed E-state index contributed by atoms with van der Waals surface area (Å²) in [6.45, 7) is 1.84. The summed E-state index contributed by atoms with van der Waals surface area (Å²) in [6.07, 6.45) is 5.07. The maximum atomic E-state index is 12.5. The van der Waals surface area contributed by atoms with Crippen molar-refractivity contribution in [1.29, 1.82) is 0 Å². The predicted octanol–water partition coefficient (Wildman–Crippen LogP) is 0.213. The normalized spacial score (nSPS) is 20.4. The number of aliphatic carboxylic acids is 1. The Morgan fingerprint density at radius 2 is 2.09 bits per heavy atom. The number of nitrogens with one attached hydrogen (secondary N) is 3. The first kappa shape index (κ1) is 24.3. The van der Waals surface area contributed by atoms with Crippen LogP contribution in [-0.4, -0.2) is 86.3 Å². The molecule has 3 rings (SSSR count). The number of carbonyl (C=O) groups excluding carboxylic acids is 1. The minimum Gasteiger partial charge on any atom is -0.480 e. The molecule has 1 saturated heterocycles. The van der Waals surface area contributed by atoms with E-state index in [9.17, 15) is 24.0 Å². The molecule has 2 amide bonds. The number of carbonyl (C=O) groups is 2. The first-order valence-corrected chi connectivity index (χ1v) is 13.0. The zero-order valence-corrected chi connectivity index (χ0v) is 19.2. The number of carboxylic acids is 1. The van der Waals surface area contributed by atoms with Gasteiger partial charge in [0.15, 0.2) is 0 Å². The van der Waals surface area contributed by atoms with Crippen molar-refractivity contribution in [3.63, 3.8) is 0 Å². The summed E-state index contributed by atoms with van der Waals surface area (Å²) in [7, 11) is -2.82. The molecule has 1 aromatic rings. The molecular weight excluding hydrogens is 434 g/mol. The highest BCUT2D eigenvalue weighted by molar-refractivity contribution is 7.97. The summed E-state index contributed by atoms with van der Waals surface area (Å²) in [6, 6.07) is 2.49. The van der Waals surface area contributed by atoms with Crippen molar-refractivity contribution in [1.82, 2.24) is 19.9 Å². The minimum atomic E-state index is -2.82. The number of fused-ring (bicyclic) bond motifs is 1. The SMILES string of the molecule is C=S(C)(=O)NC(C(=O)O)C1(O)CCN(C(=O)NCCCc2ccc3c(n2)NCCC3)CC1. The molecule has 0 aromatic carbocycles. The maximum absolute atomic E-state index is 12.5. The van der Waals surface area contributed by atoms with E-state index in [1.807, 2.05) is 6.07 Å². The number of hydrogen-bond donors (Lipinski definition) is 5. The Labute approximate surface area is 188 Å². The summed E-state index contributed by atoms with van der Waals surface area (Å²) in [5.74, 6) is 3.07. The zero-order valence-electron chi connectivity index (χ0n) is 18.4. The number of carboxylic acid groups (broad SMARTS) is 1. The Kier molecular flexibility index (Phi) is 7.63. The van der Waals surface area contributed by atoms with Crippen LogP contribution in [0.25, 0.3) is 0 Å². The van der Waals surface area contributed by atoms with E-state index in [1.165, 1.54) is 11.8 Å². The lowest BCUT2D eigenvalue weighted by Crippen LogP contribution is -2.61. The molecule has 2 aliphatic heterocycles. The van der Waals surface area contributed by atoms with Gasteiger partial charge in [0.25, 0.3) is 0 Å². The first-order chi connectivity index (χ1) is 15.1. The summed E-state index contributed by atoms with van der Waals surface area (Å²) in [4.78, 5) is 30.3. The molecule has 2 unspecified atom stereocenters. The molecular formula is C21H33N5O5S. The number of amides is 2. The number of hydrogen-bond acceptors (Lipinski definition) is 6. The molecule has 32 heavy (non-hydrogen) atoms. The highest BCUT2D eigenvalue weighted by Gasteiger charge is 2.45. The van der Waals surface area contributed by atoms with Crippen molar-refractivity contribution in [3.05, 3.63) is 23.4 Å². The Bertz CT molecular complexity index is 944. The fraction of sp³-hybridized carbons (Fsp3) is 0.619. The summed E-state index contributed by atoms with van der Waals surface area (Å²) < 4.78 is 14.3. The molecule has 2 atom stereocenters. The predicted molar refractivity (Wildman–Crippen MR) is 124 cm³/mol. The third kappa shape index (κ3) is 6.33. The zero-order chi connectivity index (χ0) is 23.4. The first-order valence-electron chi connectivity index (χ1n) is 10.9.